The summed E-state index contributed by atoms with van der Waals surface area (Å²) < 4.78 is 20.7. The third-order valence-electron chi connectivity index (χ3n) is 2.71. The molecule has 134 valence electrons. The molecule has 1 rings (SSSR count). The van der Waals surface area contributed by atoms with Gasteiger partial charge >= 0.3 is 0 Å². The molecule has 0 saturated carbocycles. The smallest absolute Gasteiger partial charge is 0.118 e. The zero-order valence-electron chi connectivity index (χ0n) is 14.2. The van der Waals surface area contributed by atoms with Crippen molar-refractivity contribution in [3.05, 3.63) is 30.3 Å². The number of para-hydroxylation sites is 1. The lowest BCUT2D eigenvalue weighted by Crippen LogP contribution is -2.12. The molecule has 6 heteroatoms. The van der Waals surface area contributed by atoms with Crippen LogP contribution in [0.5, 0.6) is 5.75 Å². The van der Waals surface area contributed by atoms with Crippen LogP contribution in [0.25, 0.3) is 0 Å². The van der Waals surface area contributed by atoms with Gasteiger partial charge in [0.2, 0.25) is 0 Å². The minimum absolute atomic E-state index is 0.616. The predicted octanol–water partition coefficient (Wildman–Crippen LogP) is 1.43. The van der Waals surface area contributed by atoms with Crippen LogP contribution in [-0.2, 0) is 14.2 Å². The van der Waals surface area contributed by atoms with E-state index < -0.39 is 0 Å². The van der Waals surface area contributed by atoms with Crippen LogP contribution in [0, 0.1) is 0 Å². The Kier molecular flexibility index (Phi) is 17.9. The molecule has 0 heterocycles. The maximum absolute atomic E-state index is 5.31. The summed E-state index contributed by atoms with van der Waals surface area (Å²) in [6.45, 7) is 5.27. The first-order valence-electron chi connectivity index (χ1n) is 8.07. The SMILES string of the molecule is COc1ccccc1.NCCCOCCOCCOCCCN. The second-order valence-corrected chi connectivity index (χ2v) is 4.64. The fourth-order valence-electron chi connectivity index (χ4n) is 1.47. The van der Waals surface area contributed by atoms with Gasteiger partial charge in [-0.2, -0.15) is 0 Å². The fourth-order valence-corrected chi connectivity index (χ4v) is 1.47. The molecule has 6 nitrogen and oxygen atoms in total. The molecule has 0 radical (unpaired) electrons. The standard InChI is InChI=1S/C10H24N2O3.C7H8O/c11-3-1-5-13-7-9-15-10-8-14-6-2-4-12;1-8-7-5-3-2-4-6-7/h1-12H2;2-6H,1H3. The first-order chi connectivity index (χ1) is 11.3. The maximum Gasteiger partial charge on any atom is 0.118 e. The Bertz CT molecular complexity index is 314. The van der Waals surface area contributed by atoms with Crippen molar-refractivity contribution in [3.8, 4) is 5.75 Å². The summed E-state index contributed by atoms with van der Waals surface area (Å²) in [5.41, 5.74) is 10.6. The Hall–Kier alpha value is -1.18. The van der Waals surface area contributed by atoms with E-state index in [4.69, 9.17) is 30.4 Å². The van der Waals surface area contributed by atoms with Crippen LogP contribution in [0.3, 0.4) is 0 Å². The van der Waals surface area contributed by atoms with Gasteiger partial charge in [0.15, 0.2) is 0 Å². The number of rotatable bonds is 13. The Morgan fingerprint density at radius 3 is 1.48 bits per heavy atom. The molecule has 0 unspecified atom stereocenters. The van der Waals surface area contributed by atoms with Crippen molar-refractivity contribution in [2.45, 2.75) is 12.8 Å². The van der Waals surface area contributed by atoms with Gasteiger partial charge in [-0.3, -0.25) is 0 Å². The summed E-state index contributed by atoms with van der Waals surface area (Å²) >= 11 is 0. The van der Waals surface area contributed by atoms with Gasteiger partial charge in [0.25, 0.3) is 0 Å². The van der Waals surface area contributed by atoms with Crippen molar-refractivity contribution >= 4 is 0 Å². The van der Waals surface area contributed by atoms with Crippen molar-refractivity contribution in [2.75, 3.05) is 59.8 Å². The topological polar surface area (TPSA) is 89.0 Å². The first-order valence-corrected chi connectivity index (χ1v) is 8.07. The highest BCUT2D eigenvalue weighted by molar-refractivity contribution is 5.20. The zero-order chi connectivity index (χ0) is 17.0. The van der Waals surface area contributed by atoms with Crippen LogP contribution in [0.4, 0.5) is 0 Å². The highest BCUT2D eigenvalue weighted by Crippen LogP contribution is 2.05. The van der Waals surface area contributed by atoms with Crippen LogP contribution in [0.1, 0.15) is 12.8 Å². The van der Waals surface area contributed by atoms with Crippen molar-refractivity contribution in [1.82, 2.24) is 0 Å². The van der Waals surface area contributed by atoms with Gasteiger partial charge in [0, 0.05) is 13.2 Å². The molecule has 0 spiro atoms. The van der Waals surface area contributed by atoms with Gasteiger partial charge in [0.1, 0.15) is 5.75 Å². The minimum Gasteiger partial charge on any atom is -0.497 e. The number of benzene rings is 1. The largest absolute Gasteiger partial charge is 0.497 e. The average molecular weight is 328 g/mol. The molecule has 0 bridgehead atoms. The maximum atomic E-state index is 5.31. The van der Waals surface area contributed by atoms with E-state index in [-0.39, 0.29) is 0 Å². The van der Waals surface area contributed by atoms with E-state index in [0.717, 1.165) is 18.6 Å². The van der Waals surface area contributed by atoms with Crippen molar-refractivity contribution in [1.29, 1.82) is 0 Å². The van der Waals surface area contributed by atoms with E-state index in [9.17, 15) is 0 Å². The molecular formula is C17H32N2O4. The quantitative estimate of drug-likeness (QED) is 0.533. The summed E-state index contributed by atoms with van der Waals surface area (Å²) in [5, 5.41) is 0. The molecule has 0 aliphatic rings. The van der Waals surface area contributed by atoms with E-state index in [1.165, 1.54) is 0 Å². The minimum atomic E-state index is 0.616. The first kappa shape index (κ1) is 21.8. The van der Waals surface area contributed by atoms with Crippen molar-refractivity contribution in [3.63, 3.8) is 0 Å². The Morgan fingerprint density at radius 1 is 0.696 bits per heavy atom. The summed E-state index contributed by atoms with van der Waals surface area (Å²) in [5.74, 6) is 0.910. The highest BCUT2D eigenvalue weighted by atomic mass is 16.5. The van der Waals surface area contributed by atoms with E-state index in [1.807, 2.05) is 30.3 Å². The lowest BCUT2D eigenvalue weighted by molar-refractivity contribution is 0.0143. The lowest BCUT2D eigenvalue weighted by Gasteiger charge is -2.06. The van der Waals surface area contributed by atoms with Crippen molar-refractivity contribution in [2.24, 2.45) is 11.5 Å². The monoisotopic (exact) mass is 328 g/mol. The van der Waals surface area contributed by atoms with Gasteiger partial charge in [0.05, 0.1) is 33.5 Å². The highest BCUT2D eigenvalue weighted by Gasteiger charge is 1.91. The van der Waals surface area contributed by atoms with Crippen LogP contribution in [0.2, 0.25) is 0 Å². The predicted molar refractivity (Wildman–Crippen MR) is 92.8 cm³/mol. The normalized spacial score (nSPS) is 10.0. The van der Waals surface area contributed by atoms with Crippen LogP contribution < -0.4 is 16.2 Å². The molecule has 1 aromatic carbocycles. The summed E-state index contributed by atoms with van der Waals surface area (Å²) in [7, 11) is 1.66. The van der Waals surface area contributed by atoms with Crippen LogP contribution in [0.15, 0.2) is 30.3 Å². The van der Waals surface area contributed by atoms with Gasteiger partial charge in [-0.05, 0) is 38.1 Å². The van der Waals surface area contributed by atoms with Gasteiger partial charge in [-0.15, -0.1) is 0 Å². The van der Waals surface area contributed by atoms with E-state index in [1.54, 1.807) is 7.11 Å². The Labute approximate surface area is 140 Å². The number of nitrogens with two attached hydrogens (primary N) is 2. The molecule has 4 N–H and O–H groups in total. The van der Waals surface area contributed by atoms with E-state index in [0.29, 0.717) is 52.7 Å². The second-order valence-electron chi connectivity index (χ2n) is 4.64. The summed E-state index contributed by atoms with van der Waals surface area (Å²) in [6.07, 6.45) is 1.81. The molecule has 0 aliphatic heterocycles. The molecule has 0 amide bonds. The van der Waals surface area contributed by atoms with Gasteiger partial charge < -0.3 is 30.4 Å². The number of hydrogen-bond acceptors (Lipinski definition) is 6. The van der Waals surface area contributed by atoms with E-state index >= 15 is 0 Å². The Balaban J connectivity index is 0.000000502. The second kappa shape index (κ2) is 18.9. The Morgan fingerprint density at radius 2 is 1.13 bits per heavy atom. The van der Waals surface area contributed by atoms with Crippen LogP contribution in [-0.4, -0.2) is 59.8 Å². The molecule has 0 saturated heterocycles. The molecule has 23 heavy (non-hydrogen) atoms. The van der Waals surface area contributed by atoms with E-state index in [2.05, 4.69) is 0 Å². The molecular weight excluding hydrogens is 296 g/mol. The number of methoxy groups -OCH3 is 1. The third kappa shape index (κ3) is 17.0. The van der Waals surface area contributed by atoms with Gasteiger partial charge in [-0.25, -0.2) is 0 Å². The zero-order valence-corrected chi connectivity index (χ0v) is 14.2. The molecule has 0 aliphatic carbocycles. The summed E-state index contributed by atoms with van der Waals surface area (Å²) in [4.78, 5) is 0. The molecule has 0 atom stereocenters. The number of ether oxygens (including phenoxy) is 4. The van der Waals surface area contributed by atoms with Crippen molar-refractivity contribution < 1.29 is 18.9 Å². The average Bonchev–Trinajstić information content (AvgIpc) is 2.61. The van der Waals surface area contributed by atoms with Gasteiger partial charge in [-0.1, -0.05) is 18.2 Å². The molecule has 0 aromatic heterocycles. The lowest BCUT2D eigenvalue weighted by atomic mass is 10.3. The summed E-state index contributed by atoms with van der Waals surface area (Å²) in [6, 6.07) is 9.68. The molecule has 1 aromatic rings. The van der Waals surface area contributed by atoms with Crippen LogP contribution >= 0.6 is 0 Å². The number of hydrogen-bond donors (Lipinski definition) is 2. The fraction of sp³-hybridized carbons (Fsp3) is 0.647. The third-order valence-corrected chi connectivity index (χ3v) is 2.71. The molecule has 0 fully saturated rings.